The Bertz CT molecular complexity index is 510. The Kier molecular flexibility index (Phi) is 7.02. The van der Waals surface area contributed by atoms with Gasteiger partial charge in [0.1, 0.15) is 11.9 Å². The van der Waals surface area contributed by atoms with E-state index in [-0.39, 0.29) is 24.1 Å². The number of rotatable bonds is 3. The van der Waals surface area contributed by atoms with Gasteiger partial charge in [0.05, 0.1) is 13.5 Å². The van der Waals surface area contributed by atoms with Crippen LogP contribution in [0, 0.1) is 12.7 Å². The van der Waals surface area contributed by atoms with Crippen LogP contribution in [0.4, 0.5) is 4.39 Å². The first-order chi connectivity index (χ1) is 10.5. The van der Waals surface area contributed by atoms with Crippen LogP contribution >= 0.6 is 0 Å². The van der Waals surface area contributed by atoms with Crippen LogP contribution in [0.25, 0.3) is 0 Å². The van der Waals surface area contributed by atoms with E-state index in [1.54, 1.807) is 13.0 Å². The van der Waals surface area contributed by atoms with Gasteiger partial charge < -0.3 is 9.64 Å². The van der Waals surface area contributed by atoms with Gasteiger partial charge in [-0.3, -0.25) is 4.79 Å². The molecule has 1 unspecified atom stereocenters. The molecule has 1 aromatic rings. The zero-order valence-corrected chi connectivity index (χ0v) is 13.7. The molecular weight excluding hydrogens is 285 g/mol. The lowest BCUT2D eigenvalue weighted by atomic mass is 10.1. The van der Waals surface area contributed by atoms with Crippen LogP contribution in [-0.4, -0.2) is 36.5 Å². The first-order valence-corrected chi connectivity index (χ1v) is 7.64. The molecule has 4 nitrogen and oxygen atoms in total. The van der Waals surface area contributed by atoms with Crippen molar-refractivity contribution in [3.05, 3.63) is 35.1 Å². The van der Waals surface area contributed by atoms with Crippen LogP contribution < -0.4 is 0 Å². The summed E-state index contributed by atoms with van der Waals surface area (Å²) in [6.07, 6.45) is 1.51. The molecule has 1 heterocycles. The van der Waals surface area contributed by atoms with Crippen molar-refractivity contribution in [1.82, 2.24) is 4.90 Å². The number of carbonyl (C=O) groups is 2. The highest BCUT2D eigenvalue weighted by Gasteiger charge is 2.34. The van der Waals surface area contributed by atoms with Gasteiger partial charge in [-0.2, -0.15) is 0 Å². The van der Waals surface area contributed by atoms with Crippen molar-refractivity contribution < 1.29 is 18.7 Å². The third-order valence-electron chi connectivity index (χ3n) is 3.50. The molecule has 0 spiro atoms. The monoisotopic (exact) mass is 309 g/mol. The molecule has 1 aromatic carbocycles. The molecule has 1 aliphatic heterocycles. The molecule has 5 heteroatoms. The predicted octanol–water partition coefficient (Wildman–Crippen LogP) is 2.87. The summed E-state index contributed by atoms with van der Waals surface area (Å²) in [4.78, 5) is 25.4. The molecule has 22 heavy (non-hydrogen) atoms. The maximum absolute atomic E-state index is 13.3. The lowest BCUT2D eigenvalue weighted by Crippen LogP contribution is -2.41. The van der Waals surface area contributed by atoms with E-state index in [9.17, 15) is 14.0 Å². The summed E-state index contributed by atoms with van der Waals surface area (Å²) in [6.45, 7) is 6.33. The fraction of sp³-hybridized carbons (Fsp3) is 0.529. The molecule has 2 rings (SSSR count). The Labute approximate surface area is 131 Å². The van der Waals surface area contributed by atoms with Gasteiger partial charge in [0.2, 0.25) is 5.91 Å². The van der Waals surface area contributed by atoms with Crippen LogP contribution in [0.3, 0.4) is 0 Å². The highest BCUT2D eigenvalue weighted by Crippen LogP contribution is 2.20. The molecule has 122 valence electrons. The largest absolute Gasteiger partial charge is 0.467 e. The fourth-order valence-electron chi connectivity index (χ4n) is 2.64. The average molecular weight is 309 g/mol. The molecular formula is C17H24FNO3. The number of halogens is 1. The second-order valence-corrected chi connectivity index (χ2v) is 5.08. The molecule has 1 saturated heterocycles. The van der Waals surface area contributed by atoms with Crippen molar-refractivity contribution in [2.75, 3.05) is 13.7 Å². The van der Waals surface area contributed by atoms with Gasteiger partial charge in [-0.15, -0.1) is 0 Å². The van der Waals surface area contributed by atoms with E-state index in [0.29, 0.717) is 18.5 Å². The Balaban J connectivity index is 0.00000116. The first kappa shape index (κ1) is 18.1. The van der Waals surface area contributed by atoms with Crippen LogP contribution in [0.2, 0.25) is 0 Å². The summed E-state index contributed by atoms with van der Waals surface area (Å²) in [5.74, 6) is -0.895. The van der Waals surface area contributed by atoms with Gasteiger partial charge in [-0.05, 0) is 43.0 Å². The molecule has 0 N–H and O–H groups in total. The molecule has 0 bridgehead atoms. The van der Waals surface area contributed by atoms with E-state index in [2.05, 4.69) is 0 Å². The highest BCUT2D eigenvalue weighted by molar-refractivity contribution is 5.86. The van der Waals surface area contributed by atoms with Gasteiger partial charge >= 0.3 is 5.97 Å². The van der Waals surface area contributed by atoms with Crippen LogP contribution in [0.1, 0.15) is 37.8 Å². The van der Waals surface area contributed by atoms with Crippen molar-refractivity contribution in [2.45, 2.75) is 46.1 Å². The Morgan fingerprint density at radius 2 is 2.00 bits per heavy atom. The van der Waals surface area contributed by atoms with E-state index >= 15 is 0 Å². The SMILES string of the molecule is CC.COC(=O)C1CCCN1C(=O)Cc1cc(C)cc(F)c1. The van der Waals surface area contributed by atoms with Gasteiger partial charge in [-0.25, -0.2) is 9.18 Å². The number of amides is 1. The maximum Gasteiger partial charge on any atom is 0.328 e. The molecule has 0 aliphatic carbocycles. The first-order valence-electron chi connectivity index (χ1n) is 7.64. The van der Waals surface area contributed by atoms with Crippen LogP contribution in [0.15, 0.2) is 18.2 Å². The Hall–Kier alpha value is -1.91. The summed E-state index contributed by atoms with van der Waals surface area (Å²) in [5, 5.41) is 0. The number of hydrogen-bond acceptors (Lipinski definition) is 3. The second-order valence-electron chi connectivity index (χ2n) is 5.08. The number of nitrogens with zero attached hydrogens (tertiary/aromatic N) is 1. The van der Waals surface area contributed by atoms with Crippen LogP contribution in [-0.2, 0) is 20.7 Å². The number of carbonyl (C=O) groups excluding carboxylic acids is 2. The van der Waals surface area contributed by atoms with Crippen molar-refractivity contribution in [3.8, 4) is 0 Å². The quantitative estimate of drug-likeness (QED) is 0.807. The van der Waals surface area contributed by atoms with Crippen molar-refractivity contribution in [1.29, 1.82) is 0 Å². The number of esters is 1. The number of hydrogen-bond donors (Lipinski definition) is 0. The van der Waals surface area contributed by atoms with E-state index in [1.807, 2.05) is 13.8 Å². The van der Waals surface area contributed by atoms with Gasteiger partial charge in [0.25, 0.3) is 0 Å². The zero-order valence-electron chi connectivity index (χ0n) is 13.7. The summed E-state index contributed by atoms with van der Waals surface area (Å²) in [6, 6.07) is 4.06. The third-order valence-corrected chi connectivity index (χ3v) is 3.50. The molecule has 1 aliphatic rings. The topological polar surface area (TPSA) is 46.6 Å². The minimum absolute atomic E-state index is 0.103. The number of ether oxygens (including phenoxy) is 1. The van der Waals surface area contributed by atoms with Gasteiger partial charge in [0, 0.05) is 6.54 Å². The Morgan fingerprint density at radius 3 is 2.59 bits per heavy atom. The number of methoxy groups -OCH3 is 1. The molecule has 1 fully saturated rings. The minimum atomic E-state index is -0.498. The number of likely N-dealkylation sites (tertiary alicyclic amines) is 1. The second kappa shape index (κ2) is 8.51. The fourth-order valence-corrected chi connectivity index (χ4v) is 2.64. The Morgan fingerprint density at radius 1 is 1.32 bits per heavy atom. The minimum Gasteiger partial charge on any atom is -0.467 e. The van der Waals surface area contributed by atoms with Crippen molar-refractivity contribution in [2.24, 2.45) is 0 Å². The predicted molar refractivity (Wildman–Crippen MR) is 82.9 cm³/mol. The van der Waals surface area contributed by atoms with E-state index < -0.39 is 6.04 Å². The molecule has 0 saturated carbocycles. The van der Waals surface area contributed by atoms with Gasteiger partial charge in [0.15, 0.2) is 0 Å². The summed E-state index contributed by atoms with van der Waals surface area (Å²) in [5.41, 5.74) is 1.40. The lowest BCUT2D eigenvalue weighted by Gasteiger charge is -2.22. The number of aryl methyl sites for hydroxylation is 1. The summed E-state index contributed by atoms with van der Waals surface area (Å²) < 4.78 is 18.0. The molecule has 1 atom stereocenters. The summed E-state index contributed by atoms with van der Waals surface area (Å²) >= 11 is 0. The molecule has 1 amide bonds. The number of benzene rings is 1. The molecule has 0 aromatic heterocycles. The molecule has 0 radical (unpaired) electrons. The highest BCUT2D eigenvalue weighted by atomic mass is 19.1. The third kappa shape index (κ3) is 4.55. The van der Waals surface area contributed by atoms with Crippen molar-refractivity contribution >= 4 is 11.9 Å². The van der Waals surface area contributed by atoms with Crippen molar-refractivity contribution in [3.63, 3.8) is 0 Å². The normalized spacial score (nSPS) is 16.8. The maximum atomic E-state index is 13.3. The van der Waals surface area contributed by atoms with Gasteiger partial charge in [-0.1, -0.05) is 19.9 Å². The zero-order chi connectivity index (χ0) is 16.7. The lowest BCUT2D eigenvalue weighted by molar-refractivity contribution is -0.150. The van der Waals surface area contributed by atoms with Crippen LogP contribution in [0.5, 0.6) is 0 Å². The van der Waals surface area contributed by atoms with E-state index in [1.165, 1.54) is 24.1 Å². The summed E-state index contributed by atoms with van der Waals surface area (Å²) in [7, 11) is 1.32. The van der Waals surface area contributed by atoms with E-state index in [4.69, 9.17) is 4.74 Å². The average Bonchev–Trinajstić information content (AvgIpc) is 2.97. The van der Waals surface area contributed by atoms with E-state index in [0.717, 1.165) is 12.0 Å². The standard InChI is InChI=1S/C15H18FNO3.C2H6/c1-10-6-11(8-12(16)7-10)9-14(18)17-5-3-4-13(17)15(19)20-2;1-2/h6-8,13H,3-5,9H2,1-2H3;1-2H3. The smallest absolute Gasteiger partial charge is 0.328 e.